The van der Waals surface area contributed by atoms with Crippen molar-refractivity contribution >= 4 is 0 Å². The van der Waals surface area contributed by atoms with Crippen molar-refractivity contribution in [2.45, 2.75) is 25.7 Å². The van der Waals surface area contributed by atoms with Crippen LogP contribution in [0.15, 0.2) is 72.8 Å². The van der Waals surface area contributed by atoms with E-state index < -0.39 is 0 Å². The van der Waals surface area contributed by atoms with Gasteiger partial charge in [0.05, 0.1) is 0 Å². The Morgan fingerprint density at radius 2 is 1.44 bits per heavy atom. The highest BCUT2D eigenvalue weighted by Gasteiger charge is 2.01. The van der Waals surface area contributed by atoms with Crippen molar-refractivity contribution in [3.63, 3.8) is 0 Å². The molecule has 1 unspecified atom stereocenters. The molecule has 2 rings (SSSR count). The lowest BCUT2D eigenvalue weighted by molar-refractivity contribution is 0.779. The Kier molecular flexibility index (Phi) is 4.78. The summed E-state index contributed by atoms with van der Waals surface area (Å²) in [5, 5.41) is 0. The van der Waals surface area contributed by atoms with Gasteiger partial charge in [0.1, 0.15) is 0 Å². The highest BCUT2D eigenvalue weighted by atomic mass is 14.1. The van der Waals surface area contributed by atoms with Crippen LogP contribution < -0.4 is 0 Å². The molecule has 0 heteroatoms. The smallest absolute Gasteiger partial charge is 0.00975 e. The van der Waals surface area contributed by atoms with Gasteiger partial charge in [-0.05, 0) is 29.9 Å². The topological polar surface area (TPSA) is 0 Å². The molecule has 0 bridgehead atoms. The van der Waals surface area contributed by atoms with Crippen molar-refractivity contribution < 1.29 is 0 Å². The molecule has 2 aromatic rings. The zero-order valence-corrected chi connectivity index (χ0v) is 10.9. The number of benzene rings is 2. The van der Waals surface area contributed by atoms with Gasteiger partial charge in [0.25, 0.3) is 0 Å². The number of rotatable bonds is 5. The lowest BCUT2D eigenvalue weighted by atomic mass is 9.97. The van der Waals surface area contributed by atoms with Gasteiger partial charge in [-0.3, -0.25) is 0 Å². The Morgan fingerprint density at radius 3 is 2.11 bits per heavy atom. The Labute approximate surface area is 110 Å². The second-order valence-corrected chi connectivity index (χ2v) is 4.71. The molecule has 0 fully saturated rings. The standard InChI is InChI=1S/C18H20/c1-16(18-14-6-3-7-15-18)10-8-9-13-17-11-4-2-5-12-17/h2-9,11-12,14-16H,10,13H2,1H3. The first-order valence-electron chi connectivity index (χ1n) is 6.60. The van der Waals surface area contributed by atoms with Crippen LogP contribution in [0.3, 0.4) is 0 Å². The minimum Gasteiger partial charge on any atom is -0.0876 e. The SMILES string of the molecule is CC(CC=CCc1ccccc1)c1ccccc1. The Hall–Kier alpha value is -1.82. The third-order valence-corrected chi connectivity index (χ3v) is 3.22. The summed E-state index contributed by atoms with van der Waals surface area (Å²) in [7, 11) is 0. The van der Waals surface area contributed by atoms with Gasteiger partial charge in [0.15, 0.2) is 0 Å². The lowest BCUT2D eigenvalue weighted by Gasteiger charge is -2.08. The lowest BCUT2D eigenvalue weighted by Crippen LogP contribution is -1.90. The van der Waals surface area contributed by atoms with Gasteiger partial charge in [-0.25, -0.2) is 0 Å². The molecular formula is C18H20. The minimum absolute atomic E-state index is 0.596. The molecule has 18 heavy (non-hydrogen) atoms. The van der Waals surface area contributed by atoms with Crippen LogP contribution in [-0.2, 0) is 6.42 Å². The molecule has 0 spiro atoms. The molecule has 1 atom stereocenters. The van der Waals surface area contributed by atoms with E-state index in [1.807, 2.05) is 0 Å². The summed E-state index contributed by atoms with van der Waals surface area (Å²) < 4.78 is 0. The fourth-order valence-corrected chi connectivity index (χ4v) is 2.05. The minimum atomic E-state index is 0.596. The summed E-state index contributed by atoms with van der Waals surface area (Å²) in [4.78, 5) is 0. The van der Waals surface area contributed by atoms with Gasteiger partial charge in [0.2, 0.25) is 0 Å². The monoisotopic (exact) mass is 236 g/mol. The fraction of sp³-hybridized carbons (Fsp3) is 0.222. The van der Waals surface area contributed by atoms with E-state index in [4.69, 9.17) is 0 Å². The Balaban J connectivity index is 1.81. The van der Waals surface area contributed by atoms with Crippen molar-refractivity contribution in [1.82, 2.24) is 0 Å². The molecule has 0 aliphatic heterocycles. The zero-order valence-electron chi connectivity index (χ0n) is 10.9. The molecule has 0 radical (unpaired) electrons. The van der Waals surface area contributed by atoms with E-state index in [1.54, 1.807) is 0 Å². The Bertz CT molecular complexity index is 468. The quantitative estimate of drug-likeness (QED) is 0.642. The first kappa shape index (κ1) is 12.6. The molecule has 0 saturated carbocycles. The van der Waals surface area contributed by atoms with Crippen LogP contribution in [-0.4, -0.2) is 0 Å². The third kappa shape index (κ3) is 3.89. The van der Waals surface area contributed by atoms with E-state index in [9.17, 15) is 0 Å². The van der Waals surface area contributed by atoms with Gasteiger partial charge < -0.3 is 0 Å². The van der Waals surface area contributed by atoms with Gasteiger partial charge in [0, 0.05) is 0 Å². The molecule has 0 heterocycles. The van der Waals surface area contributed by atoms with Crippen LogP contribution in [0.1, 0.15) is 30.4 Å². The van der Waals surface area contributed by atoms with E-state index in [0.29, 0.717) is 5.92 Å². The molecule has 0 aliphatic rings. The highest BCUT2D eigenvalue weighted by molar-refractivity contribution is 5.20. The van der Waals surface area contributed by atoms with Crippen LogP contribution >= 0.6 is 0 Å². The van der Waals surface area contributed by atoms with E-state index >= 15 is 0 Å². The van der Waals surface area contributed by atoms with Crippen molar-refractivity contribution in [2.24, 2.45) is 0 Å². The Morgan fingerprint density at radius 1 is 0.833 bits per heavy atom. The number of hydrogen-bond acceptors (Lipinski definition) is 0. The van der Waals surface area contributed by atoms with Crippen LogP contribution in [0.2, 0.25) is 0 Å². The molecule has 0 aliphatic carbocycles. The van der Waals surface area contributed by atoms with Crippen molar-refractivity contribution in [3.8, 4) is 0 Å². The van der Waals surface area contributed by atoms with Crippen LogP contribution in [0.25, 0.3) is 0 Å². The number of hydrogen-bond donors (Lipinski definition) is 0. The van der Waals surface area contributed by atoms with Crippen LogP contribution in [0.5, 0.6) is 0 Å². The van der Waals surface area contributed by atoms with E-state index in [-0.39, 0.29) is 0 Å². The van der Waals surface area contributed by atoms with Gasteiger partial charge in [-0.15, -0.1) is 0 Å². The zero-order chi connectivity index (χ0) is 12.6. The first-order valence-corrected chi connectivity index (χ1v) is 6.60. The maximum absolute atomic E-state index is 2.30. The van der Waals surface area contributed by atoms with Crippen LogP contribution in [0.4, 0.5) is 0 Å². The third-order valence-electron chi connectivity index (χ3n) is 3.22. The largest absolute Gasteiger partial charge is 0.0876 e. The summed E-state index contributed by atoms with van der Waals surface area (Å²) in [5.41, 5.74) is 2.79. The molecule has 2 aromatic carbocycles. The summed E-state index contributed by atoms with van der Waals surface area (Å²) >= 11 is 0. The highest BCUT2D eigenvalue weighted by Crippen LogP contribution is 2.18. The predicted molar refractivity (Wildman–Crippen MR) is 78.8 cm³/mol. The average Bonchev–Trinajstić information content (AvgIpc) is 2.45. The molecule has 0 aromatic heterocycles. The van der Waals surface area contributed by atoms with Crippen molar-refractivity contribution in [1.29, 1.82) is 0 Å². The van der Waals surface area contributed by atoms with Gasteiger partial charge >= 0.3 is 0 Å². The fourth-order valence-electron chi connectivity index (χ4n) is 2.05. The summed E-state index contributed by atoms with van der Waals surface area (Å²) in [6.45, 7) is 2.28. The van der Waals surface area contributed by atoms with Crippen LogP contribution in [0, 0.1) is 0 Å². The van der Waals surface area contributed by atoms with E-state index in [1.165, 1.54) is 11.1 Å². The van der Waals surface area contributed by atoms with Crippen molar-refractivity contribution in [2.75, 3.05) is 0 Å². The maximum atomic E-state index is 2.30. The molecule has 0 nitrogen and oxygen atoms in total. The average molecular weight is 236 g/mol. The molecular weight excluding hydrogens is 216 g/mol. The number of allylic oxidation sites excluding steroid dienone is 2. The van der Waals surface area contributed by atoms with Crippen molar-refractivity contribution in [3.05, 3.63) is 83.9 Å². The van der Waals surface area contributed by atoms with Gasteiger partial charge in [-0.1, -0.05) is 79.7 Å². The van der Waals surface area contributed by atoms with E-state index in [0.717, 1.165) is 12.8 Å². The predicted octanol–water partition coefficient (Wildman–Crippen LogP) is 4.98. The molecule has 0 N–H and O–H groups in total. The van der Waals surface area contributed by atoms with Gasteiger partial charge in [-0.2, -0.15) is 0 Å². The molecule has 92 valence electrons. The second kappa shape index (κ2) is 6.80. The maximum Gasteiger partial charge on any atom is -0.00975 e. The van der Waals surface area contributed by atoms with E-state index in [2.05, 4.69) is 79.7 Å². The molecule has 0 amide bonds. The summed E-state index contributed by atoms with van der Waals surface area (Å²) in [5.74, 6) is 0.596. The second-order valence-electron chi connectivity index (χ2n) is 4.71. The molecule has 0 saturated heterocycles. The first-order chi connectivity index (χ1) is 8.86. The normalized spacial score (nSPS) is 12.7. The summed E-state index contributed by atoms with van der Waals surface area (Å²) in [6, 6.07) is 21.3. The summed E-state index contributed by atoms with van der Waals surface area (Å²) in [6.07, 6.45) is 6.71.